The van der Waals surface area contributed by atoms with E-state index >= 15 is 0 Å². The van der Waals surface area contributed by atoms with E-state index in [1.165, 1.54) is 5.69 Å². The Bertz CT molecular complexity index is 664. The van der Waals surface area contributed by atoms with Gasteiger partial charge in [0.1, 0.15) is 0 Å². The Morgan fingerprint density at radius 2 is 1.58 bits per heavy atom. The molecule has 0 unspecified atom stereocenters. The highest BCUT2D eigenvalue weighted by Gasteiger charge is 2.15. The van der Waals surface area contributed by atoms with Crippen molar-refractivity contribution in [2.45, 2.75) is 0 Å². The highest BCUT2D eigenvalue weighted by molar-refractivity contribution is 6.01. The second-order valence-corrected chi connectivity index (χ2v) is 6.16. The van der Waals surface area contributed by atoms with Crippen LogP contribution in [0.3, 0.4) is 0 Å². The number of benzene rings is 2. The molecule has 2 amide bonds. The molecule has 5 heteroatoms. The monoisotopic (exact) mass is 324 g/mol. The number of carbonyl (C=O) groups excluding carboxylic acids is 1. The summed E-state index contributed by atoms with van der Waals surface area (Å²) in [5.74, 6) is 0. The summed E-state index contributed by atoms with van der Waals surface area (Å²) in [5, 5.41) is 2.94. The molecule has 0 radical (unpaired) electrons. The van der Waals surface area contributed by atoms with Crippen LogP contribution in [-0.2, 0) is 0 Å². The maximum Gasteiger partial charge on any atom is 0.326 e. The third-order valence-electron chi connectivity index (χ3n) is 4.44. The number of hydrogen-bond donors (Lipinski definition) is 1. The molecule has 1 aliphatic rings. The lowest BCUT2D eigenvalue weighted by Crippen LogP contribution is -2.44. The van der Waals surface area contributed by atoms with E-state index in [4.69, 9.17) is 0 Å². The van der Waals surface area contributed by atoms with Crippen molar-refractivity contribution in [2.75, 3.05) is 55.4 Å². The predicted octanol–water partition coefficient (Wildman–Crippen LogP) is 3.11. The highest BCUT2D eigenvalue weighted by Crippen LogP contribution is 2.20. The second-order valence-electron chi connectivity index (χ2n) is 6.16. The molecule has 2 aromatic rings. The summed E-state index contributed by atoms with van der Waals surface area (Å²) in [5.41, 5.74) is 2.88. The normalized spacial score (nSPS) is 15.2. The lowest BCUT2D eigenvalue weighted by atomic mass is 10.2. The van der Waals surface area contributed by atoms with Crippen LogP contribution in [0.4, 0.5) is 21.9 Å². The van der Waals surface area contributed by atoms with Crippen molar-refractivity contribution in [3.63, 3.8) is 0 Å². The standard InChI is InChI=1S/C19H24N4O/c1-21-12-14-23(15-13-21)18-10-8-16(9-11-18)20-19(24)22(2)17-6-4-3-5-7-17/h3-11H,12-15H2,1-2H3,(H,20,24). The molecule has 1 fully saturated rings. The van der Waals surface area contributed by atoms with Crippen LogP contribution in [0.5, 0.6) is 0 Å². The molecule has 1 heterocycles. The Hall–Kier alpha value is -2.53. The largest absolute Gasteiger partial charge is 0.369 e. The topological polar surface area (TPSA) is 38.8 Å². The summed E-state index contributed by atoms with van der Waals surface area (Å²) in [4.78, 5) is 18.7. The first-order valence-corrected chi connectivity index (χ1v) is 8.27. The minimum atomic E-state index is -0.145. The summed E-state index contributed by atoms with van der Waals surface area (Å²) in [6.07, 6.45) is 0. The molecule has 3 rings (SSSR count). The molecule has 0 spiro atoms. The molecule has 126 valence electrons. The van der Waals surface area contributed by atoms with Crippen molar-refractivity contribution in [2.24, 2.45) is 0 Å². The van der Waals surface area contributed by atoms with Gasteiger partial charge in [0.05, 0.1) is 0 Å². The van der Waals surface area contributed by atoms with Crippen LogP contribution < -0.4 is 15.1 Å². The van der Waals surface area contributed by atoms with E-state index in [0.717, 1.165) is 37.6 Å². The lowest BCUT2D eigenvalue weighted by Gasteiger charge is -2.34. The van der Waals surface area contributed by atoms with Crippen LogP contribution in [0, 0.1) is 0 Å². The van der Waals surface area contributed by atoms with E-state index in [1.807, 2.05) is 42.5 Å². The number of para-hydroxylation sites is 1. The molecule has 2 aromatic carbocycles. The quantitative estimate of drug-likeness (QED) is 0.943. The van der Waals surface area contributed by atoms with Crippen LogP contribution >= 0.6 is 0 Å². The van der Waals surface area contributed by atoms with Crippen molar-refractivity contribution >= 4 is 23.1 Å². The van der Waals surface area contributed by atoms with Crippen LogP contribution in [0.25, 0.3) is 0 Å². The average Bonchev–Trinajstić information content (AvgIpc) is 2.63. The summed E-state index contributed by atoms with van der Waals surface area (Å²) in [7, 11) is 3.92. The van der Waals surface area contributed by atoms with Gasteiger partial charge in [-0.3, -0.25) is 4.90 Å². The zero-order valence-corrected chi connectivity index (χ0v) is 14.3. The number of piperazine rings is 1. The Kier molecular flexibility index (Phi) is 5.01. The number of amides is 2. The van der Waals surface area contributed by atoms with Crippen molar-refractivity contribution in [3.8, 4) is 0 Å². The smallest absolute Gasteiger partial charge is 0.326 e. The van der Waals surface area contributed by atoms with E-state index in [2.05, 4.69) is 34.3 Å². The first-order valence-electron chi connectivity index (χ1n) is 8.27. The molecule has 0 bridgehead atoms. The maximum absolute atomic E-state index is 12.3. The van der Waals surface area contributed by atoms with Gasteiger partial charge < -0.3 is 15.1 Å². The predicted molar refractivity (Wildman–Crippen MR) is 100 cm³/mol. The van der Waals surface area contributed by atoms with Gasteiger partial charge in [-0.15, -0.1) is 0 Å². The summed E-state index contributed by atoms with van der Waals surface area (Å²) >= 11 is 0. The molecule has 24 heavy (non-hydrogen) atoms. The maximum atomic E-state index is 12.3. The van der Waals surface area contributed by atoms with Gasteiger partial charge in [0.25, 0.3) is 0 Å². The average molecular weight is 324 g/mol. The van der Waals surface area contributed by atoms with Gasteiger partial charge in [0.2, 0.25) is 0 Å². The number of nitrogens with one attached hydrogen (secondary N) is 1. The van der Waals surface area contributed by atoms with Crippen LogP contribution in [-0.4, -0.2) is 51.2 Å². The van der Waals surface area contributed by atoms with E-state index in [0.29, 0.717) is 0 Å². The fourth-order valence-electron chi connectivity index (χ4n) is 2.80. The van der Waals surface area contributed by atoms with E-state index in [1.54, 1.807) is 11.9 Å². The van der Waals surface area contributed by atoms with Gasteiger partial charge in [0, 0.05) is 50.3 Å². The Labute approximate surface area is 143 Å². The van der Waals surface area contributed by atoms with Gasteiger partial charge in [0.15, 0.2) is 0 Å². The van der Waals surface area contributed by atoms with E-state index in [-0.39, 0.29) is 6.03 Å². The molecule has 1 N–H and O–H groups in total. The summed E-state index contributed by atoms with van der Waals surface area (Å²) < 4.78 is 0. The van der Waals surface area contributed by atoms with Crippen molar-refractivity contribution in [3.05, 3.63) is 54.6 Å². The van der Waals surface area contributed by atoms with Crippen molar-refractivity contribution < 1.29 is 4.79 Å². The fourth-order valence-corrected chi connectivity index (χ4v) is 2.80. The Balaban J connectivity index is 1.61. The lowest BCUT2D eigenvalue weighted by molar-refractivity contribution is 0.258. The SMILES string of the molecule is CN1CCN(c2ccc(NC(=O)N(C)c3ccccc3)cc2)CC1. The van der Waals surface area contributed by atoms with Crippen LogP contribution in [0.2, 0.25) is 0 Å². The zero-order valence-electron chi connectivity index (χ0n) is 14.3. The molecule has 5 nitrogen and oxygen atoms in total. The molecule has 0 aromatic heterocycles. The van der Waals surface area contributed by atoms with E-state index in [9.17, 15) is 4.79 Å². The number of urea groups is 1. The molecule has 0 aliphatic carbocycles. The Morgan fingerprint density at radius 1 is 0.958 bits per heavy atom. The summed E-state index contributed by atoms with van der Waals surface area (Å²) in [6, 6.07) is 17.5. The van der Waals surface area contributed by atoms with Crippen molar-refractivity contribution in [1.29, 1.82) is 0 Å². The first kappa shape index (κ1) is 16.3. The number of nitrogens with zero attached hydrogens (tertiary/aromatic N) is 3. The molecule has 0 atom stereocenters. The number of carbonyl (C=O) groups is 1. The van der Waals surface area contributed by atoms with Gasteiger partial charge in [-0.2, -0.15) is 0 Å². The van der Waals surface area contributed by atoms with Gasteiger partial charge in [-0.05, 0) is 43.4 Å². The minimum absolute atomic E-state index is 0.145. The second kappa shape index (κ2) is 7.36. The fraction of sp³-hybridized carbons (Fsp3) is 0.316. The van der Waals surface area contributed by atoms with Crippen molar-refractivity contribution in [1.82, 2.24) is 4.90 Å². The zero-order chi connectivity index (χ0) is 16.9. The number of likely N-dealkylation sites (N-methyl/N-ethyl adjacent to an activating group) is 1. The summed E-state index contributed by atoms with van der Waals surface area (Å²) in [6.45, 7) is 4.25. The number of hydrogen-bond acceptors (Lipinski definition) is 3. The molecule has 0 saturated carbocycles. The molecule has 1 saturated heterocycles. The van der Waals surface area contributed by atoms with E-state index < -0.39 is 0 Å². The van der Waals surface area contributed by atoms with Gasteiger partial charge >= 0.3 is 6.03 Å². The third kappa shape index (κ3) is 3.86. The van der Waals surface area contributed by atoms with Crippen LogP contribution in [0.15, 0.2) is 54.6 Å². The molecular weight excluding hydrogens is 300 g/mol. The number of anilines is 3. The molecular formula is C19H24N4O. The minimum Gasteiger partial charge on any atom is -0.369 e. The molecule has 1 aliphatic heterocycles. The highest BCUT2D eigenvalue weighted by atomic mass is 16.2. The number of rotatable bonds is 3. The third-order valence-corrected chi connectivity index (χ3v) is 4.44. The van der Waals surface area contributed by atoms with Crippen LogP contribution in [0.1, 0.15) is 0 Å². The Morgan fingerprint density at radius 3 is 2.21 bits per heavy atom. The first-order chi connectivity index (χ1) is 11.6. The van der Waals surface area contributed by atoms with Gasteiger partial charge in [-0.1, -0.05) is 18.2 Å². The van der Waals surface area contributed by atoms with Gasteiger partial charge in [-0.25, -0.2) is 4.79 Å².